The van der Waals surface area contributed by atoms with Crippen molar-refractivity contribution >= 4 is 17.6 Å². The Balaban J connectivity index is 2.01. The molecule has 2 rings (SSSR count). The number of rotatable bonds is 9. The molecule has 1 amide bonds. The SMILES string of the molecule is COc1cc(C(=O)OCc2cccc([N+](=O)[O-])c2)ccc1OCC(=O)NC(C)C. The summed E-state index contributed by atoms with van der Waals surface area (Å²) < 4.78 is 15.9. The normalized spacial score (nSPS) is 10.3. The van der Waals surface area contributed by atoms with Gasteiger partial charge in [0.15, 0.2) is 18.1 Å². The maximum atomic E-state index is 12.3. The summed E-state index contributed by atoms with van der Waals surface area (Å²) in [5, 5.41) is 13.5. The lowest BCUT2D eigenvalue weighted by Gasteiger charge is -2.13. The van der Waals surface area contributed by atoms with Gasteiger partial charge in [-0.15, -0.1) is 0 Å². The van der Waals surface area contributed by atoms with Crippen LogP contribution in [0.4, 0.5) is 5.69 Å². The van der Waals surface area contributed by atoms with Crippen molar-refractivity contribution in [3.05, 3.63) is 63.7 Å². The topological polar surface area (TPSA) is 117 Å². The van der Waals surface area contributed by atoms with Crippen LogP contribution in [0.1, 0.15) is 29.8 Å². The number of nitrogens with zero attached hydrogens (tertiary/aromatic N) is 1. The maximum Gasteiger partial charge on any atom is 0.338 e. The highest BCUT2D eigenvalue weighted by Crippen LogP contribution is 2.28. The Labute approximate surface area is 167 Å². The molecule has 0 unspecified atom stereocenters. The molecule has 2 aromatic carbocycles. The highest BCUT2D eigenvalue weighted by Gasteiger charge is 2.14. The Morgan fingerprint density at radius 3 is 2.55 bits per heavy atom. The fraction of sp³-hybridized carbons (Fsp3) is 0.300. The first-order valence-electron chi connectivity index (χ1n) is 8.80. The van der Waals surface area contributed by atoms with Crippen LogP contribution in [-0.2, 0) is 16.1 Å². The predicted molar refractivity (Wildman–Crippen MR) is 104 cm³/mol. The van der Waals surface area contributed by atoms with Crippen LogP contribution in [-0.4, -0.2) is 36.6 Å². The van der Waals surface area contributed by atoms with E-state index in [0.717, 1.165) is 0 Å². The average Bonchev–Trinajstić information content (AvgIpc) is 2.70. The van der Waals surface area contributed by atoms with Gasteiger partial charge in [-0.25, -0.2) is 4.79 Å². The third kappa shape index (κ3) is 6.49. The predicted octanol–water partition coefficient (Wildman–Crippen LogP) is 2.86. The van der Waals surface area contributed by atoms with E-state index in [4.69, 9.17) is 14.2 Å². The van der Waals surface area contributed by atoms with Crippen LogP contribution < -0.4 is 14.8 Å². The van der Waals surface area contributed by atoms with E-state index >= 15 is 0 Å². The Morgan fingerprint density at radius 2 is 1.90 bits per heavy atom. The molecule has 1 N–H and O–H groups in total. The zero-order valence-electron chi connectivity index (χ0n) is 16.3. The lowest BCUT2D eigenvalue weighted by Crippen LogP contribution is -2.34. The summed E-state index contributed by atoms with van der Waals surface area (Å²) in [5.74, 6) is -0.324. The minimum Gasteiger partial charge on any atom is -0.493 e. The van der Waals surface area contributed by atoms with Crippen molar-refractivity contribution in [2.75, 3.05) is 13.7 Å². The zero-order valence-corrected chi connectivity index (χ0v) is 16.3. The smallest absolute Gasteiger partial charge is 0.338 e. The van der Waals surface area contributed by atoms with Crippen molar-refractivity contribution in [2.45, 2.75) is 26.5 Å². The van der Waals surface area contributed by atoms with E-state index in [9.17, 15) is 19.7 Å². The minimum atomic E-state index is -0.626. The van der Waals surface area contributed by atoms with Gasteiger partial charge in [0.2, 0.25) is 0 Å². The Hall–Kier alpha value is -3.62. The van der Waals surface area contributed by atoms with Gasteiger partial charge in [-0.3, -0.25) is 14.9 Å². The van der Waals surface area contributed by atoms with Crippen LogP contribution in [0.3, 0.4) is 0 Å². The van der Waals surface area contributed by atoms with Gasteiger partial charge in [0.05, 0.1) is 17.6 Å². The first kappa shape index (κ1) is 21.7. The van der Waals surface area contributed by atoms with Crippen LogP contribution in [0.2, 0.25) is 0 Å². The number of ether oxygens (including phenoxy) is 3. The molecule has 154 valence electrons. The van der Waals surface area contributed by atoms with E-state index < -0.39 is 10.9 Å². The fourth-order valence-corrected chi connectivity index (χ4v) is 2.41. The average molecular weight is 402 g/mol. The molecule has 0 heterocycles. The summed E-state index contributed by atoms with van der Waals surface area (Å²) in [6.45, 7) is 3.38. The second-order valence-corrected chi connectivity index (χ2v) is 6.38. The van der Waals surface area contributed by atoms with Crippen molar-refractivity contribution in [3.8, 4) is 11.5 Å². The summed E-state index contributed by atoms with van der Waals surface area (Å²) in [6.07, 6.45) is 0. The lowest BCUT2D eigenvalue weighted by atomic mass is 10.2. The van der Waals surface area contributed by atoms with Gasteiger partial charge in [0.25, 0.3) is 11.6 Å². The molecule has 0 saturated carbocycles. The first-order chi connectivity index (χ1) is 13.8. The quantitative estimate of drug-likeness (QED) is 0.389. The number of carbonyl (C=O) groups is 2. The summed E-state index contributed by atoms with van der Waals surface area (Å²) in [7, 11) is 1.41. The Morgan fingerprint density at radius 1 is 1.14 bits per heavy atom. The fourth-order valence-electron chi connectivity index (χ4n) is 2.41. The van der Waals surface area contributed by atoms with Gasteiger partial charge in [0, 0.05) is 18.2 Å². The lowest BCUT2D eigenvalue weighted by molar-refractivity contribution is -0.384. The molecular weight excluding hydrogens is 380 g/mol. The molecule has 0 saturated heterocycles. The molecule has 9 nitrogen and oxygen atoms in total. The van der Waals surface area contributed by atoms with E-state index in [-0.39, 0.29) is 42.2 Å². The number of nitro groups is 1. The van der Waals surface area contributed by atoms with E-state index in [0.29, 0.717) is 11.3 Å². The van der Waals surface area contributed by atoms with Crippen LogP contribution in [0, 0.1) is 10.1 Å². The van der Waals surface area contributed by atoms with Crippen LogP contribution in [0.25, 0.3) is 0 Å². The number of benzene rings is 2. The molecule has 29 heavy (non-hydrogen) atoms. The Bertz CT molecular complexity index is 896. The summed E-state index contributed by atoms with van der Waals surface area (Å²) >= 11 is 0. The number of methoxy groups -OCH3 is 1. The van der Waals surface area contributed by atoms with E-state index in [1.807, 2.05) is 13.8 Å². The maximum absolute atomic E-state index is 12.3. The minimum absolute atomic E-state index is 0.00353. The number of esters is 1. The van der Waals surface area contributed by atoms with Crippen molar-refractivity contribution < 1.29 is 28.7 Å². The largest absolute Gasteiger partial charge is 0.493 e. The molecule has 2 aromatic rings. The molecule has 0 aliphatic rings. The highest BCUT2D eigenvalue weighted by molar-refractivity contribution is 5.90. The number of nitrogens with one attached hydrogen (secondary N) is 1. The molecule has 0 bridgehead atoms. The van der Waals surface area contributed by atoms with E-state index in [1.54, 1.807) is 6.07 Å². The molecule has 0 radical (unpaired) electrons. The number of nitro benzene ring substituents is 1. The van der Waals surface area contributed by atoms with Gasteiger partial charge >= 0.3 is 5.97 Å². The number of hydrogen-bond acceptors (Lipinski definition) is 7. The van der Waals surface area contributed by atoms with Crippen molar-refractivity contribution in [3.63, 3.8) is 0 Å². The number of amides is 1. The number of non-ortho nitro benzene ring substituents is 1. The molecule has 0 spiro atoms. The van der Waals surface area contributed by atoms with Crippen LogP contribution in [0.15, 0.2) is 42.5 Å². The van der Waals surface area contributed by atoms with Crippen molar-refractivity contribution in [1.29, 1.82) is 0 Å². The monoisotopic (exact) mass is 402 g/mol. The third-order valence-corrected chi connectivity index (χ3v) is 3.70. The number of hydrogen-bond donors (Lipinski definition) is 1. The standard InChI is InChI=1S/C20H22N2O7/c1-13(2)21-19(23)12-28-17-8-7-15(10-18(17)27-3)20(24)29-11-14-5-4-6-16(9-14)22(25)26/h4-10,13H,11-12H2,1-3H3,(H,21,23). The molecule has 0 atom stereocenters. The molecule has 0 aromatic heterocycles. The molecular formula is C20H22N2O7. The van der Waals surface area contributed by atoms with E-state index in [1.165, 1.54) is 43.5 Å². The summed E-state index contributed by atoms with van der Waals surface area (Å²) in [4.78, 5) is 34.3. The molecule has 0 aliphatic heterocycles. The van der Waals surface area contributed by atoms with Gasteiger partial charge < -0.3 is 19.5 Å². The van der Waals surface area contributed by atoms with Crippen molar-refractivity contribution in [2.24, 2.45) is 0 Å². The van der Waals surface area contributed by atoms with Gasteiger partial charge in [-0.05, 0) is 37.6 Å². The molecule has 0 fully saturated rings. The van der Waals surface area contributed by atoms with Gasteiger partial charge in [0.1, 0.15) is 6.61 Å². The highest BCUT2D eigenvalue weighted by atomic mass is 16.6. The van der Waals surface area contributed by atoms with Gasteiger partial charge in [-0.2, -0.15) is 0 Å². The van der Waals surface area contributed by atoms with Crippen molar-refractivity contribution in [1.82, 2.24) is 5.32 Å². The summed E-state index contributed by atoms with van der Waals surface area (Å²) in [5.41, 5.74) is 0.630. The molecule has 9 heteroatoms. The van der Waals surface area contributed by atoms with Gasteiger partial charge in [-0.1, -0.05) is 12.1 Å². The molecule has 0 aliphatic carbocycles. The Kier molecular flexibility index (Phi) is 7.53. The second kappa shape index (κ2) is 10.1. The summed E-state index contributed by atoms with van der Waals surface area (Å²) in [6, 6.07) is 10.3. The third-order valence-electron chi connectivity index (χ3n) is 3.70. The number of carbonyl (C=O) groups excluding carboxylic acids is 2. The van der Waals surface area contributed by atoms with E-state index in [2.05, 4.69) is 5.32 Å². The van der Waals surface area contributed by atoms with Crippen LogP contribution >= 0.6 is 0 Å². The van der Waals surface area contributed by atoms with Crippen LogP contribution in [0.5, 0.6) is 11.5 Å². The second-order valence-electron chi connectivity index (χ2n) is 6.38. The zero-order chi connectivity index (χ0) is 21.4. The first-order valence-corrected chi connectivity index (χ1v) is 8.80.